The van der Waals surface area contributed by atoms with Crippen molar-refractivity contribution < 1.29 is 4.74 Å². The normalized spacial score (nSPS) is 12.5. The lowest BCUT2D eigenvalue weighted by Gasteiger charge is -2.08. The zero-order chi connectivity index (χ0) is 10.4. The first-order chi connectivity index (χ1) is 6.76. The Balaban J connectivity index is 2.50. The summed E-state index contributed by atoms with van der Waals surface area (Å²) in [5, 5.41) is 0. The molecule has 0 aromatic heterocycles. The van der Waals surface area contributed by atoms with Crippen molar-refractivity contribution in [2.75, 3.05) is 18.6 Å². The first-order valence-electron chi connectivity index (χ1n) is 4.64. The summed E-state index contributed by atoms with van der Waals surface area (Å²) in [6.07, 6.45) is 0. The standard InChI is InChI=1S/C11H16OS2/c1-9(7-13)8-14-11-5-3-4-10(6-11)12-2/h3-6,9,13H,7-8H2,1-2H3. The number of hydrogen-bond donors (Lipinski definition) is 1. The van der Waals surface area contributed by atoms with E-state index in [0.717, 1.165) is 17.3 Å². The van der Waals surface area contributed by atoms with E-state index < -0.39 is 0 Å². The molecule has 0 N–H and O–H groups in total. The van der Waals surface area contributed by atoms with Crippen molar-refractivity contribution in [1.29, 1.82) is 0 Å². The second-order valence-corrected chi connectivity index (χ2v) is 4.74. The average Bonchev–Trinajstić information content (AvgIpc) is 2.26. The second kappa shape index (κ2) is 6.25. The Morgan fingerprint density at radius 3 is 2.93 bits per heavy atom. The molecule has 0 amide bonds. The number of rotatable bonds is 5. The average molecular weight is 228 g/mol. The second-order valence-electron chi connectivity index (χ2n) is 3.28. The molecular formula is C11H16OS2. The summed E-state index contributed by atoms with van der Waals surface area (Å²) in [7, 11) is 1.69. The third-order valence-electron chi connectivity index (χ3n) is 1.89. The molecule has 1 nitrogen and oxygen atoms in total. The first-order valence-corrected chi connectivity index (χ1v) is 6.25. The molecule has 0 radical (unpaired) electrons. The van der Waals surface area contributed by atoms with Crippen LogP contribution in [-0.2, 0) is 0 Å². The van der Waals surface area contributed by atoms with Gasteiger partial charge in [0.15, 0.2) is 0 Å². The predicted octanol–water partition coefficient (Wildman–Crippen LogP) is 3.35. The Labute approximate surface area is 95.6 Å². The minimum Gasteiger partial charge on any atom is -0.497 e. The van der Waals surface area contributed by atoms with Crippen LogP contribution in [0.1, 0.15) is 6.92 Å². The molecule has 3 heteroatoms. The molecule has 1 atom stereocenters. The molecule has 0 saturated heterocycles. The van der Waals surface area contributed by atoms with Gasteiger partial charge in [-0.05, 0) is 29.9 Å². The minimum absolute atomic E-state index is 0.648. The van der Waals surface area contributed by atoms with Crippen molar-refractivity contribution in [3.8, 4) is 5.75 Å². The van der Waals surface area contributed by atoms with Crippen LogP contribution < -0.4 is 4.74 Å². The third kappa shape index (κ3) is 3.84. The molecule has 0 aliphatic heterocycles. The molecule has 1 aromatic rings. The topological polar surface area (TPSA) is 9.23 Å². The van der Waals surface area contributed by atoms with Crippen molar-refractivity contribution in [2.24, 2.45) is 5.92 Å². The maximum atomic E-state index is 5.16. The van der Waals surface area contributed by atoms with Gasteiger partial charge in [0, 0.05) is 10.6 Å². The van der Waals surface area contributed by atoms with Gasteiger partial charge in [-0.15, -0.1) is 11.8 Å². The van der Waals surface area contributed by atoms with Crippen LogP contribution in [0.15, 0.2) is 29.2 Å². The quantitative estimate of drug-likeness (QED) is 0.611. The summed E-state index contributed by atoms with van der Waals surface area (Å²) in [6, 6.07) is 8.16. The van der Waals surface area contributed by atoms with Crippen LogP contribution in [0.3, 0.4) is 0 Å². The van der Waals surface area contributed by atoms with Crippen molar-refractivity contribution in [1.82, 2.24) is 0 Å². The van der Waals surface area contributed by atoms with Crippen LogP contribution in [0.25, 0.3) is 0 Å². The van der Waals surface area contributed by atoms with Crippen molar-refractivity contribution in [2.45, 2.75) is 11.8 Å². The fraction of sp³-hybridized carbons (Fsp3) is 0.455. The lowest BCUT2D eigenvalue weighted by Crippen LogP contribution is -1.98. The largest absolute Gasteiger partial charge is 0.497 e. The number of hydrogen-bond acceptors (Lipinski definition) is 3. The monoisotopic (exact) mass is 228 g/mol. The summed E-state index contributed by atoms with van der Waals surface area (Å²) >= 11 is 6.12. The van der Waals surface area contributed by atoms with E-state index in [9.17, 15) is 0 Å². The van der Waals surface area contributed by atoms with Gasteiger partial charge in [0.25, 0.3) is 0 Å². The fourth-order valence-electron chi connectivity index (χ4n) is 0.982. The lowest BCUT2D eigenvalue weighted by atomic mass is 10.3. The molecule has 14 heavy (non-hydrogen) atoms. The van der Waals surface area contributed by atoms with E-state index in [0.29, 0.717) is 5.92 Å². The van der Waals surface area contributed by atoms with Crippen LogP contribution in [0.5, 0.6) is 5.75 Å². The van der Waals surface area contributed by atoms with Gasteiger partial charge in [0.2, 0.25) is 0 Å². The molecule has 1 aromatic carbocycles. The lowest BCUT2D eigenvalue weighted by molar-refractivity contribution is 0.413. The number of methoxy groups -OCH3 is 1. The summed E-state index contributed by atoms with van der Waals surface area (Å²) in [4.78, 5) is 1.26. The Morgan fingerprint density at radius 2 is 2.29 bits per heavy atom. The van der Waals surface area contributed by atoms with E-state index in [2.05, 4.69) is 31.7 Å². The molecular weight excluding hydrogens is 212 g/mol. The van der Waals surface area contributed by atoms with Gasteiger partial charge in [0.05, 0.1) is 7.11 Å². The van der Waals surface area contributed by atoms with E-state index in [-0.39, 0.29) is 0 Å². The van der Waals surface area contributed by atoms with Gasteiger partial charge in [-0.3, -0.25) is 0 Å². The highest BCUT2D eigenvalue weighted by Crippen LogP contribution is 2.24. The third-order valence-corrected chi connectivity index (χ3v) is 3.83. The van der Waals surface area contributed by atoms with E-state index >= 15 is 0 Å². The molecule has 0 aliphatic carbocycles. The van der Waals surface area contributed by atoms with Gasteiger partial charge in [-0.25, -0.2) is 0 Å². The molecule has 0 fully saturated rings. The maximum Gasteiger partial charge on any atom is 0.119 e. The van der Waals surface area contributed by atoms with Gasteiger partial charge in [-0.2, -0.15) is 12.6 Å². The number of thioether (sulfide) groups is 1. The van der Waals surface area contributed by atoms with Crippen LogP contribution in [0.2, 0.25) is 0 Å². The van der Waals surface area contributed by atoms with Gasteiger partial charge < -0.3 is 4.74 Å². The minimum atomic E-state index is 0.648. The summed E-state index contributed by atoms with van der Waals surface area (Å²) in [5.41, 5.74) is 0. The highest BCUT2D eigenvalue weighted by Gasteiger charge is 2.01. The Kier molecular flexibility index (Phi) is 5.26. The maximum absolute atomic E-state index is 5.16. The van der Waals surface area contributed by atoms with Crippen molar-refractivity contribution in [3.63, 3.8) is 0 Å². The summed E-state index contributed by atoms with van der Waals surface area (Å²) in [6.45, 7) is 2.21. The van der Waals surface area contributed by atoms with E-state index in [1.54, 1.807) is 7.11 Å². The zero-order valence-corrected chi connectivity index (χ0v) is 10.3. The molecule has 78 valence electrons. The smallest absolute Gasteiger partial charge is 0.119 e. The molecule has 1 rings (SSSR count). The highest BCUT2D eigenvalue weighted by molar-refractivity contribution is 7.99. The SMILES string of the molecule is COc1cccc(SCC(C)CS)c1. The van der Waals surface area contributed by atoms with E-state index in [1.165, 1.54) is 4.90 Å². The molecule has 1 unspecified atom stereocenters. The fourth-order valence-corrected chi connectivity index (χ4v) is 2.26. The summed E-state index contributed by atoms with van der Waals surface area (Å²) < 4.78 is 5.16. The molecule has 0 aliphatic rings. The van der Waals surface area contributed by atoms with Crippen LogP contribution in [0, 0.1) is 5.92 Å². The van der Waals surface area contributed by atoms with Crippen molar-refractivity contribution >= 4 is 24.4 Å². The van der Waals surface area contributed by atoms with Gasteiger partial charge in [0.1, 0.15) is 5.75 Å². The number of ether oxygens (including phenoxy) is 1. The van der Waals surface area contributed by atoms with E-state index in [1.807, 2.05) is 23.9 Å². The number of benzene rings is 1. The van der Waals surface area contributed by atoms with E-state index in [4.69, 9.17) is 4.74 Å². The van der Waals surface area contributed by atoms with Crippen LogP contribution >= 0.6 is 24.4 Å². The predicted molar refractivity (Wildman–Crippen MR) is 66.7 cm³/mol. The Morgan fingerprint density at radius 1 is 1.50 bits per heavy atom. The Bertz CT molecular complexity index is 276. The molecule has 0 saturated carbocycles. The first kappa shape index (κ1) is 11.8. The van der Waals surface area contributed by atoms with Crippen LogP contribution in [0.4, 0.5) is 0 Å². The Hall–Kier alpha value is -0.280. The van der Waals surface area contributed by atoms with Crippen LogP contribution in [-0.4, -0.2) is 18.6 Å². The zero-order valence-electron chi connectivity index (χ0n) is 8.56. The molecule has 0 heterocycles. The van der Waals surface area contributed by atoms with Crippen molar-refractivity contribution in [3.05, 3.63) is 24.3 Å². The molecule has 0 spiro atoms. The summed E-state index contributed by atoms with van der Waals surface area (Å²) in [5.74, 6) is 3.62. The van der Waals surface area contributed by atoms with Gasteiger partial charge in [-0.1, -0.05) is 13.0 Å². The molecule has 0 bridgehead atoms. The number of thiol groups is 1. The highest BCUT2D eigenvalue weighted by atomic mass is 32.2. The van der Waals surface area contributed by atoms with Gasteiger partial charge >= 0.3 is 0 Å².